The second kappa shape index (κ2) is 15.0. The van der Waals surface area contributed by atoms with E-state index in [1.807, 2.05) is 94.4 Å². The monoisotopic (exact) mass is 722 g/mol. The van der Waals surface area contributed by atoms with Crippen molar-refractivity contribution < 1.29 is 43.2 Å². The van der Waals surface area contributed by atoms with Crippen LogP contribution in [-0.2, 0) is 23.2 Å². The summed E-state index contributed by atoms with van der Waals surface area (Å²) in [6.07, 6.45) is 15.7. The Hall–Kier alpha value is -4.83. The number of anilines is 1. The van der Waals surface area contributed by atoms with E-state index in [2.05, 4.69) is 54.6 Å². The number of unbranched alkanes of at least 4 members (excludes halogenated alkanes) is 1. The summed E-state index contributed by atoms with van der Waals surface area (Å²) in [5.41, 5.74) is 8.75. The molecular formula is C38H35IN4O3. The number of nitrogens with zero attached hydrogens (tertiary/aromatic N) is 4. The van der Waals surface area contributed by atoms with E-state index in [0.29, 0.717) is 19.4 Å². The summed E-state index contributed by atoms with van der Waals surface area (Å²) in [6.45, 7) is 0.412. The van der Waals surface area contributed by atoms with Gasteiger partial charge >= 0.3 is 5.97 Å². The number of allylic oxidation sites excluding steroid dienone is 2. The fourth-order valence-corrected chi connectivity index (χ4v) is 5.59. The van der Waals surface area contributed by atoms with E-state index in [1.54, 1.807) is 0 Å². The predicted octanol–water partition coefficient (Wildman–Crippen LogP) is 4.25. The molecule has 46 heavy (non-hydrogen) atoms. The molecule has 7 nitrogen and oxygen atoms in total. The number of para-hydroxylation sites is 1. The van der Waals surface area contributed by atoms with Crippen LogP contribution < -0.4 is 33.4 Å². The lowest BCUT2D eigenvalue weighted by Crippen LogP contribution is -3.00. The van der Waals surface area contributed by atoms with E-state index < -0.39 is 5.97 Å². The number of amides is 1. The summed E-state index contributed by atoms with van der Waals surface area (Å²) < 4.78 is 3.92. The second-order valence-electron chi connectivity index (χ2n) is 11.2. The van der Waals surface area contributed by atoms with Gasteiger partial charge < -0.3 is 34.0 Å². The number of hydrogen-bond donors (Lipinski definition) is 1. The van der Waals surface area contributed by atoms with Gasteiger partial charge in [-0.05, 0) is 47.7 Å². The Morgan fingerprint density at radius 2 is 1.43 bits per heavy atom. The number of hydrogen-bond acceptors (Lipinski definition) is 3. The number of carboxylic acid groups (broad SMARTS) is 1. The first kappa shape index (κ1) is 32.6. The lowest BCUT2D eigenvalue weighted by atomic mass is 9.93. The number of benzene rings is 3. The minimum atomic E-state index is -0.839. The topological polar surface area (TPSA) is 79.3 Å². The summed E-state index contributed by atoms with van der Waals surface area (Å²) in [7, 11) is 2.00. The molecule has 3 aromatic carbocycles. The van der Waals surface area contributed by atoms with E-state index in [4.69, 9.17) is 10.2 Å². The molecule has 232 valence electrons. The van der Waals surface area contributed by atoms with Crippen LogP contribution in [-0.4, -0.2) is 26.8 Å². The van der Waals surface area contributed by atoms with Crippen LogP contribution in [0, 0.1) is 0 Å². The van der Waals surface area contributed by atoms with Crippen molar-refractivity contribution in [1.82, 2.24) is 9.78 Å². The summed E-state index contributed by atoms with van der Waals surface area (Å²) in [5.74, 6) is -0.858. The Labute approximate surface area is 286 Å². The third-order valence-corrected chi connectivity index (χ3v) is 7.98. The first-order valence-corrected chi connectivity index (χ1v) is 15.2. The number of fused-ring (bicyclic) bond motifs is 5. The highest BCUT2D eigenvalue weighted by molar-refractivity contribution is 6.00. The van der Waals surface area contributed by atoms with Crippen LogP contribution in [0.3, 0.4) is 0 Å². The molecule has 0 unspecified atom stereocenters. The zero-order chi connectivity index (χ0) is 31.2. The molecule has 5 aromatic rings. The largest absolute Gasteiger partial charge is 1.00 e. The lowest BCUT2D eigenvalue weighted by molar-refractivity contribution is -0.671. The van der Waals surface area contributed by atoms with E-state index >= 15 is 0 Å². The molecule has 0 atom stereocenters. The maximum absolute atomic E-state index is 13.6. The fraction of sp³-hybridized carbons (Fsp3) is 0.158. The molecule has 1 aliphatic rings. The van der Waals surface area contributed by atoms with E-state index in [0.717, 1.165) is 50.4 Å². The maximum atomic E-state index is 13.6. The van der Waals surface area contributed by atoms with Gasteiger partial charge in [0.15, 0.2) is 12.4 Å². The summed E-state index contributed by atoms with van der Waals surface area (Å²) in [5, 5.41) is 14.1. The Morgan fingerprint density at radius 1 is 0.804 bits per heavy atom. The highest BCUT2D eigenvalue weighted by Gasteiger charge is 2.27. The molecule has 1 amide bonds. The fourth-order valence-electron chi connectivity index (χ4n) is 5.59. The molecular weight excluding hydrogens is 687 g/mol. The van der Waals surface area contributed by atoms with E-state index in [-0.39, 0.29) is 42.7 Å². The van der Waals surface area contributed by atoms with E-state index in [9.17, 15) is 9.59 Å². The molecule has 8 heteroatoms. The van der Waals surface area contributed by atoms with Gasteiger partial charge in [-0.15, -0.1) is 0 Å². The van der Waals surface area contributed by atoms with Crippen molar-refractivity contribution in [2.45, 2.75) is 32.2 Å². The van der Waals surface area contributed by atoms with Gasteiger partial charge in [-0.3, -0.25) is 9.59 Å². The number of carboxylic acids is 1. The number of halogens is 1. The van der Waals surface area contributed by atoms with Crippen molar-refractivity contribution >= 4 is 29.7 Å². The van der Waals surface area contributed by atoms with Crippen LogP contribution >= 0.6 is 0 Å². The van der Waals surface area contributed by atoms with Gasteiger partial charge in [-0.1, -0.05) is 78.9 Å². The number of carbonyl (C=O) groups excluding carboxylic acids is 1. The standard InChI is InChI=1S/C38H34N4O3.HI/c1-40-24-22-29(23-25-40)11-3-2-10-28-18-20-31(21-19-28)42-27-34-33-14-6-7-15-35(33)41(36(43)16-8-9-17-37(44)45)26-30-12-4-5-13-32(30)38(34)39-42;/h2-7,10-15,18-25,27H,8-9,16-17,26H2,1H3;1H. The van der Waals surface area contributed by atoms with Crippen molar-refractivity contribution in [2.24, 2.45) is 7.05 Å². The van der Waals surface area contributed by atoms with Crippen LogP contribution in [0.1, 0.15) is 42.4 Å². The summed E-state index contributed by atoms with van der Waals surface area (Å²) in [4.78, 5) is 26.4. The Morgan fingerprint density at radius 3 is 2.15 bits per heavy atom. The molecule has 3 heterocycles. The molecule has 0 bridgehead atoms. The molecule has 0 spiro atoms. The lowest BCUT2D eigenvalue weighted by Gasteiger charge is -2.28. The zero-order valence-electron chi connectivity index (χ0n) is 25.6. The van der Waals surface area contributed by atoms with Crippen LogP contribution in [0.15, 0.2) is 116 Å². The van der Waals surface area contributed by atoms with Crippen molar-refractivity contribution in [3.63, 3.8) is 0 Å². The normalized spacial score (nSPS) is 12.2. The number of carbonyl (C=O) groups is 2. The number of rotatable bonds is 9. The molecule has 6 rings (SSSR count). The van der Waals surface area contributed by atoms with Crippen molar-refractivity contribution in [1.29, 1.82) is 0 Å². The Balaban J connectivity index is 0.00000417. The average Bonchev–Trinajstić information content (AvgIpc) is 3.49. The number of pyridine rings is 1. The molecule has 0 fully saturated rings. The molecule has 0 saturated heterocycles. The minimum Gasteiger partial charge on any atom is -1.00 e. The van der Waals surface area contributed by atoms with Crippen molar-refractivity contribution in [3.8, 4) is 28.1 Å². The molecule has 0 radical (unpaired) electrons. The number of aromatic nitrogens is 3. The molecule has 1 aliphatic heterocycles. The van der Waals surface area contributed by atoms with Gasteiger partial charge in [-0.2, -0.15) is 5.10 Å². The van der Waals surface area contributed by atoms with E-state index in [1.165, 1.54) is 0 Å². The molecule has 1 N–H and O–H groups in total. The first-order valence-electron chi connectivity index (χ1n) is 15.2. The van der Waals surface area contributed by atoms with Crippen LogP contribution in [0.4, 0.5) is 5.69 Å². The first-order chi connectivity index (χ1) is 22.0. The van der Waals surface area contributed by atoms with Gasteiger partial charge in [0.2, 0.25) is 5.91 Å². The van der Waals surface area contributed by atoms with Crippen LogP contribution in [0.2, 0.25) is 0 Å². The molecule has 0 aliphatic carbocycles. The van der Waals surface area contributed by atoms with Gasteiger partial charge in [0.25, 0.3) is 0 Å². The second-order valence-corrected chi connectivity index (χ2v) is 11.2. The SMILES string of the molecule is C[n+]1ccc(/C=C/C=C/c2ccc(-n3cc4c(n3)-c3ccccc3CN(C(=O)CCCCC(=O)O)c3ccccc3-4)cc2)cc1.[I-]. The van der Waals surface area contributed by atoms with Gasteiger partial charge in [-0.25, -0.2) is 9.25 Å². The van der Waals surface area contributed by atoms with Gasteiger partial charge in [0.1, 0.15) is 12.7 Å². The predicted molar refractivity (Wildman–Crippen MR) is 177 cm³/mol. The third-order valence-electron chi connectivity index (χ3n) is 7.98. The smallest absolute Gasteiger partial charge is 0.303 e. The number of aryl methyl sites for hydroxylation is 1. The van der Waals surface area contributed by atoms with Gasteiger partial charge in [0.05, 0.1) is 17.9 Å². The van der Waals surface area contributed by atoms with Crippen LogP contribution in [0.25, 0.3) is 40.2 Å². The maximum Gasteiger partial charge on any atom is 0.303 e. The highest BCUT2D eigenvalue weighted by Crippen LogP contribution is 2.42. The molecule has 0 saturated carbocycles. The van der Waals surface area contributed by atoms with Crippen molar-refractivity contribution in [2.75, 3.05) is 4.90 Å². The Kier molecular flexibility index (Phi) is 10.6. The Bertz CT molecular complexity index is 1890. The third kappa shape index (κ3) is 7.51. The minimum absolute atomic E-state index is 0. The average molecular weight is 723 g/mol. The quantitative estimate of drug-likeness (QED) is 0.107. The van der Waals surface area contributed by atoms with Crippen LogP contribution in [0.5, 0.6) is 0 Å². The zero-order valence-corrected chi connectivity index (χ0v) is 27.7. The summed E-state index contributed by atoms with van der Waals surface area (Å²) >= 11 is 0. The molecule has 2 aromatic heterocycles. The number of aliphatic carboxylic acids is 1. The van der Waals surface area contributed by atoms with Crippen molar-refractivity contribution in [3.05, 3.63) is 132 Å². The summed E-state index contributed by atoms with van der Waals surface area (Å²) in [6, 6.07) is 28.5. The highest BCUT2D eigenvalue weighted by atomic mass is 127. The van der Waals surface area contributed by atoms with Gasteiger partial charge in [0, 0.05) is 47.9 Å².